The number of ether oxygens (including phenoxy) is 1. The Bertz CT molecular complexity index is 1570. The molecule has 1 saturated heterocycles. The second kappa shape index (κ2) is 6.31. The number of pyridine rings is 1. The Morgan fingerprint density at radius 1 is 1.07 bits per heavy atom. The van der Waals surface area contributed by atoms with Crippen molar-refractivity contribution in [3.63, 3.8) is 0 Å². The van der Waals surface area contributed by atoms with Gasteiger partial charge in [-0.25, -0.2) is 4.98 Å². The molecule has 0 amide bonds. The zero-order chi connectivity index (χ0) is 20.2. The Balaban J connectivity index is 1.69. The lowest BCUT2D eigenvalue weighted by Gasteiger charge is -2.28. The number of para-hydroxylation sites is 2. The molecule has 0 unspecified atom stereocenters. The first-order valence-electron chi connectivity index (χ1n) is 9.78. The van der Waals surface area contributed by atoms with Crippen molar-refractivity contribution in [2.75, 3.05) is 31.2 Å². The molecule has 0 atom stereocenters. The molecule has 0 aliphatic carbocycles. The van der Waals surface area contributed by atoms with E-state index in [-0.39, 0.29) is 11.1 Å². The lowest BCUT2D eigenvalue weighted by Crippen LogP contribution is -2.36. The predicted molar refractivity (Wildman–Crippen MR) is 114 cm³/mol. The monoisotopic (exact) mass is 396 g/mol. The molecule has 7 nitrogen and oxygen atoms in total. The smallest absolute Gasteiger partial charge is 0.278 e. The molecule has 4 heterocycles. The van der Waals surface area contributed by atoms with Crippen LogP contribution in [0.5, 0.6) is 0 Å². The van der Waals surface area contributed by atoms with E-state index >= 15 is 0 Å². The van der Waals surface area contributed by atoms with Crippen molar-refractivity contribution in [2.24, 2.45) is 0 Å². The second-order valence-corrected chi connectivity index (χ2v) is 7.36. The van der Waals surface area contributed by atoms with Gasteiger partial charge in [-0.1, -0.05) is 12.1 Å². The second-order valence-electron chi connectivity index (χ2n) is 7.36. The third-order valence-electron chi connectivity index (χ3n) is 5.69. The third kappa shape index (κ3) is 2.34. The first-order chi connectivity index (χ1) is 14.7. The van der Waals surface area contributed by atoms with Crippen LogP contribution in [0.3, 0.4) is 0 Å². The SMILES string of the molecule is N#Cc1c(=O)n2c3ccccc3nc2c2cc3ccc(N4CCOCC4)cc3oc12. The summed E-state index contributed by atoms with van der Waals surface area (Å²) in [7, 11) is 0. The van der Waals surface area contributed by atoms with E-state index in [9.17, 15) is 10.1 Å². The zero-order valence-electron chi connectivity index (χ0n) is 16.0. The van der Waals surface area contributed by atoms with Crippen molar-refractivity contribution < 1.29 is 9.15 Å². The molecule has 3 aromatic heterocycles. The van der Waals surface area contributed by atoms with Gasteiger partial charge in [-0.3, -0.25) is 9.20 Å². The molecular formula is C23H16N4O3. The van der Waals surface area contributed by atoms with Crippen LogP contribution < -0.4 is 10.5 Å². The van der Waals surface area contributed by atoms with Gasteiger partial charge in [0.25, 0.3) is 5.56 Å². The number of imidazole rings is 1. The first kappa shape index (κ1) is 17.0. The highest BCUT2D eigenvalue weighted by molar-refractivity contribution is 6.02. The minimum Gasteiger partial charge on any atom is -0.454 e. The molecule has 0 radical (unpaired) electrons. The Labute approximate surface area is 170 Å². The maximum atomic E-state index is 13.1. The number of hydrogen-bond donors (Lipinski definition) is 0. The fraction of sp³-hybridized carbons (Fsp3) is 0.174. The minimum atomic E-state index is -0.416. The molecule has 1 fully saturated rings. The minimum absolute atomic E-state index is 0.0145. The van der Waals surface area contributed by atoms with Gasteiger partial charge >= 0.3 is 0 Å². The van der Waals surface area contributed by atoms with Crippen LogP contribution in [0.15, 0.2) is 57.7 Å². The molecule has 0 bridgehead atoms. The molecule has 0 N–H and O–H groups in total. The highest BCUT2D eigenvalue weighted by Crippen LogP contribution is 2.31. The van der Waals surface area contributed by atoms with Crippen LogP contribution in [-0.2, 0) is 4.74 Å². The van der Waals surface area contributed by atoms with Crippen molar-refractivity contribution in [2.45, 2.75) is 0 Å². The van der Waals surface area contributed by atoms with E-state index in [0.29, 0.717) is 40.9 Å². The van der Waals surface area contributed by atoms with Gasteiger partial charge in [0.15, 0.2) is 16.8 Å². The topological polar surface area (TPSA) is 83.8 Å². The van der Waals surface area contributed by atoms with Gasteiger partial charge in [-0.15, -0.1) is 0 Å². The van der Waals surface area contributed by atoms with Crippen molar-refractivity contribution in [3.05, 3.63) is 64.4 Å². The first-order valence-corrected chi connectivity index (χ1v) is 9.78. The van der Waals surface area contributed by atoms with Gasteiger partial charge < -0.3 is 14.1 Å². The number of aromatic nitrogens is 2. The molecule has 5 aromatic rings. The molecule has 0 saturated carbocycles. The Morgan fingerprint density at radius 3 is 2.73 bits per heavy atom. The molecular weight excluding hydrogens is 380 g/mol. The molecule has 7 heteroatoms. The molecule has 2 aromatic carbocycles. The van der Waals surface area contributed by atoms with Crippen molar-refractivity contribution in [3.8, 4) is 6.07 Å². The number of rotatable bonds is 1. The Hall–Kier alpha value is -3.89. The number of anilines is 1. The van der Waals surface area contributed by atoms with E-state index in [1.54, 1.807) is 0 Å². The average Bonchev–Trinajstić information content (AvgIpc) is 3.19. The van der Waals surface area contributed by atoms with Crippen molar-refractivity contribution >= 4 is 44.3 Å². The number of nitrogens with zero attached hydrogens (tertiary/aromatic N) is 4. The summed E-state index contributed by atoms with van der Waals surface area (Å²) >= 11 is 0. The molecule has 6 rings (SSSR count). The van der Waals surface area contributed by atoms with E-state index in [1.165, 1.54) is 4.40 Å². The number of benzene rings is 2. The number of nitriles is 1. The predicted octanol–water partition coefficient (Wildman–Crippen LogP) is 3.46. The molecule has 1 aliphatic rings. The van der Waals surface area contributed by atoms with Gasteiger partial charge in [0.05, 0.1) is 29.6 Å². The molecule has 0 spiro atoms. The largest absolute Gasteiger partial charge is 0.454 e. The van der Waals surface area contributed by atoms with Crippen molar-refractivity contribution in [1.29, 1.82) is 5.26 Å². The summed E-state index contributed by atoms with van der Waals surface area (Å²) in [4.78, 5) is 20.0. The number of morpholine rings is 1. The fourth-order valence-corrected chi connectivity index (χ4v) is 4.21. The summed E-state index contributed by atoms with van der Waals surface area (Å²) in [6.45, 7) is 3.01. The lowest BCUT2D eigenvalue weighted by molar-refractivity contribution is 0.122. The highest BCUT2D eigenvalue weighted by atomic mass is 16.5. The summed E-state index contributed by atoms with van der Waals surface area (Å²) in [6, 6.07) is 17.4. The maximum Gasteiger partial charge on any atom is 0.278 e. The van der Waals surface area contributed by atoms with Crippen molar-refractivity contribution in [1.82, 2.24) is 9.38 Å². The van der Waals surface area contributed by atoms with Crippen LogP contribution in [0.2, 0.25) is 0 Å². The lowest BCUT2D eigenvalue weighted by atomic mass is 10.1. The quantitative estimate of drug-likeness (QED) is 0.404. The zero-order valence-corrected chi connectivity index (χ0v) is 16.0. The average molecular weight is 396 g/mol. The molecule has 146 valence electrons. The van der Waals surface area contributed by atoms with Gasteiger partial charge in [0.2, 0.25) is 0 Å². The Kier molecular flexibility index (Phi) is 3.58. The molecule has 1 aliphatic heterocycles. The number of hydrogen-bond acceptors (Lipinski definition) is 6. The van der Waals surface area contributed by atoms with E-state index in [0.717, 1.165) is 24.2 Å². The Morgan fingerprint density at radius 2 is 1.90 bits per heavy atom. The summed E-state index contributed by atoms with van der Waals surface area (Å²) in [5, 5.41) is 11.3. The van der Waals surface area contributed by atoms with Crippen LogP contribution in [0.4, 0.5) is 5.69 Å². The van der Waals surface area contributed by atoms with Crippen LogP contribution in [-0.4, -0.2) is 35.7 Å². The van der Waals surface area contributed by atoms with Crippen LogP contribution in [0.1, 0.15) is 5.56 Å². The van der Waals surface area contributed by atoms with Gasteiger partial charge in [0, 0.05) is 30.2 Å². The van der Waals surface area contributed by atoms with Crippen LogP contribution in [0.25, 0.3) is 38.6 Å². The van der Waals surface area contributed by atoms with E-state index in [2.05, 4.69) is 16.0 Å². The molecule has 30 heavy (non-hydrogen) atoms. The summed E-state index contributed by atoms with van der Waals surface area (Å²) in [5.74, 6) is 0. The fourth-order valence-electron chi connectivity index (χ4n) is 4.21. The normalized spacial score (nSPS) is 14.7. The van der Waals surface area contributed by atoms with E-state index in [1.807, 2.05) is 48.5 Å². The van der Waals surface area contributed by atoms with Gasteiger partial charge in [-0.05, 0) is 30.3 Å². The summed E-state index contributed by atoms with van der Waals surface area (Å²) in [6.07, 6.45) is 0. The summed E-state index contributed by atoms with van der Waals surface area (Å²) in [5.41, 5.74) is 3.38. The number of fused-ring (bicyclic) bond motifs is 6. The third-order valence-corrected chi connectivity index (χ3v) is 5.69. The standard InChI is InChI=1S/C23H16N4O3/c24-13-17-21-16(22-25-18-3-1-2-4-19(18)27(22)23(17)28)11-14-5-6-15(12-20(14)30-21)26-7-9-29-10-8-26/h1-6,11-12H,7-10H2. The van der Waals surface area contributed by atoms with Crippen LogP contribution >= 0.6 is 0 Å². The van der Waals surface area contributed by atoms with E-state index < -0.39 is 5.56 Å². The maximum absolute atomic E-state index is 13.1. The van der Waals surface area contributed by atoms with Gasteiger partial charge in [0.1, 0.15) is 11.7 Å². The summed E-state index contributed by atoms with van der Waals surface area (Å²) < 4.78 is 13.1. The van der Waals surface area contributed by atoms with E-state index in [4.69, 9.17) is 9.15 Å². The highest BCUT2D eigenvalue weighted by Gasteiger charge is 2.20. The van der Waals surface area contributed by atoms with Gasteiger partial charge in [-0.2, -0.15) is 5.26 Å². The van der Waals surface area contributed by atoms with Crippen LogP contribution in [0, 0.1) is 11.3 Å².